The second-order valence-corrected chi connectivity index (χ2v) is 7.72. The number of benzene rings is 2. The Hall–Kier alpha value is -4.33. The van der Waals surface area contributed by atoms with Crippen LogP contribution in [0.4, 0.5) is 4.39 Å². The number of rotatable bonds is 6. The first kappa shape index (κ1) is 20.6. The van der Waals surface area contributed by atoms with Crippen LogP contribution in [0.15, 0.2) is 84.0 Å². The first-order valence-electron chi connectivity index (χ1n) is 10.5. The normalized spacial score (nSPS) is 11.2. The van der Waals surface area contributed by atoms with Gasteiger partial charge in [-0.25, -0.2) is 8.91 Å². The van der Waals surface area contributed by atoms with Gasteiger partial charge in [0.1, 0.15) is 11.3 Å². The SMILES string of the molecule is O=C(NCCc1cccnc1)c1ccc2c(c1)n(Cc1ccc(F)cc1)c(=O)c1ccnn12. The first-order valence-corrected chi connectivity index (χ1v) is 10.5. The number of hydrogen-bond donors (Lipinski definition) is 1. The second-order valence-electron chi connectivity index (χ2n) is 7.72. The highest BCUT2D eigenvalue weighted by Crippen LogP contribution is 2.18. The summed E-state index contributed by atoms with van der Waals surface area (Å²) < 4.78 is 16.5. The van der Waals surface area contributed by atoms with E-state index in [0.717, 1.165) is 11.1 Å². The highest BCUT2D eigenvalue weighted by atomic mass is 19.1. The molecule has 0 saturated heterocycles. The molecule has 3 heterocycles. The highest BCUT2D eigenvalue weighted by molar-refractivity contribution is 5.97. The Kier molecular flexibility index (Phi) is 5.40. The molecular weight excluding hydrogens is 421 g/mol. The van der Waals surface area contributed by atoms with Crippen LogP contribution in [0, 0.1) is 5.82 Å². The molecule has 3 aromatic heterocycles. The number of carbonyl (C=O) groups excluding carboxylic acids is 1. The monoisotopic (exact) mass is 441 g/mol. The zero-order valence-electron chi connectivity index (χ0n) is 17.6. The third-order valence-electron chi connectivity index (χ3n) is 5.54. The van der Waals surface area contributed by atoms with Gasteiger partial charge in [0.05, 0.1) is 23.8 Å². The first-order chi connectivity index (χ1) is 16.1. The van der Waals surface area contributed by atoms with E-state index in [4.69, 9.17) is 0 Å². The van der Waals surface area contributed by atoms with Crippen molar-refractivity contribution in [1.29, 1.82) is 0 Å². The molecule has 0 bridgehead atoms. The van der Waals surface area contributed by atoms with E-state index in [2.05, 4.69) is 15.4 Å². The molecule has 164 valence electrons. The quantitative estimate of drug-likeness (QED) is 0.439. The fraction of sp³-hybridized carbons (Fsp3) is 0.120. The Labute approximate surface area is 188 Å². The lowest BCUT2D eigenvalue weighted by Gasteiger charge is -2.14. The predicted octanol–water partition coefficient (Wildman–Crippen LogP) is 3.20. The molecule has 5 aromatic rings. The van der Waals surface area contributed by atoms with Crippen LogP contribution in [-0.4, -0.2) is 31.6 Å². The van der Waals surface area contributed by atoms with Gasteiger partial charge in [-0.1, -0.05) is 18.2 Å². The molecule has 0 aliphatic rings. The molecule has 0 fully saturated rings. The van der Waals surface area contributed by atoms with Gasteiger partial charge in [0.2, 0.25) is 0 Å². The Bertz CT molecular complexity index is 1510. The molecule has 33 heavy (non-hydrogen) atoms. The number of nitrogens with zero attached hydrogens (tertiary/aromatic N) is 4. The van der Waals surface area contributed by atoms with Gasteiger partial charge in [0.15, 0.2) is 0 Å². The molecule has 0 radical (unpaired) electrons. The fourth-order valence-electron chi connectivity index (χ4n) is 3.86. The average molecular weight is 441 g/mol. The molecule has 2 aromatic carbocycles. The molecule has 0 unspecified atom stereocenters. The van der Waals surface area contributed by atoms with Gasteiger partial charge < -0.3 is 9.88 Å². The van der Waals surface area contributed by atoms with Gasteiger partial charge in [-0.05, 0) is 60.0 Å². The number of carbonyl (C=O) groups is 1. The van der Waals surface area contributed by atoms with Crippen LogP contribution in [0.25, 0.3) is 16.6 Å². The lowest BCUT2D eigenvalue weighted by molar-refractivity contribution is 0.0954. The van der Waals surface area contributed by atoms with Crippen molar-refractivity contribution in [2.45, 2.75) is 13.0 Å². The molecule has 0 atom stereocenters. The van der Waals surface area contributed by atoms with Gasteiger partial charge in [-0.15, -0.1) is 0 Å². The Morgan fingerprint density at radius 3 is 2.58 bits per heavy atom. The van der Waals surface area contributed by atoms with Crippen LogP contribution < -0.4 is 10.9 Å². The molecule has 0 spiro atoms. The van der Waals surface area contributed by atoms with E-state index in [1.54, 1.807) is 64.1 Å². The summed E-state index contributed by atoms with van der Waals surface area (Å²) in [5.41, 5.74) is 3.70. The molecule has 0 saturated carbocycles. The summed E-state index contributed by atoms with van der Waals surface area (Å²) >= 11 is 0. The van der Waals surface area contributed by atoms with Crippen molar-refractivity contribution < 1.29 is 9.18 Å². The van der Waals surface area contributed by atoms with Crippen LogP contribution in [0.2, 0.25) is 0 Å². The van der Waals surface area contributed by atoms with Crippen molar-refractivity contribution in [3.63, 3.8) is 0 Å². The Morgan fingerprint density at radius 2 is 1.79 bits per heavy atom. The van der Waals surface area contributed by atoms with Gasteiger partial charge >= 0.3 is 0 Å². The standard InChI is InChI=1S/C25H20FN5O2/c26-20-6-3-18(4-7-20)16-30-23-14-19(24(32)28-12-9-17-2-1-11-27-15-17)5-8-21(23)31-22(25(30)33)10-13-29-31/h1-8,10-11,13-15H,9,12,16H2,(H,28,32). The molecule has 5 rings (SSSR count). The van der Waals surface area contributed by atoms with Crippen molar-refractivity contribution in [3.05, 3.63) is 112 Å². The maximum Gasteiger partial charge on any atom is 0.277 e. The summed E-state index contributed by atoms with van der Waals surface area (Å²) in [5, 5.41) is 7.19. The van der Waals surface area contributed by atoms with E-state index in [1.165, 1.54) is 12.1 Å². The van der Waals surface area contributed by atoms with Gasteiger partial charge in [0.25, 0.3) is 11.5 Å². The fourth-order valence-corrected chi connectivity index (χ4v) is 3.86. The van der Waals surface area contributed by atoms with E-state index in [9.17, 15) is 14.0 Å². The van der Waals surface area contributed by atoms with Crippen LogP contribution in [0.1, 0.15) is 21.5 Å². The number of fused-ring (bicyclic) bond motifs is 3. The smallest absolute Gasteiger partial charge is 0.277 e. The zero-order valence-corrected chi connectivity index (χ0v) is 17.6. The van der Waals surface area contributed by atoms with Gasteiger partial charge in [0, 0.05) is 24.5 Å². The van der Waals surface area contributed by atoms with Gasteiger partial charge in [-0.3, -0.25) is 14.6 Å². The van der Waals surface area contributed by atoms with E-state index in [-0.39, 0.29) is 23.8 Å². The van der Waals surface area contributed by atoms with Crippen molar-refractivity contribution in [2.75, 3.05) is 6.54 Å². The third-order valence-corrected chi connectivity index (χ3v) is 5.54. The maximum absolute atomic E-state index is 13.3. The largest absolute Gasteiger partial charge is 0.352 e. The topological polar surface area (TPSA) is 81.3 Å². The van der Waals surface area contributed by atoms with Crippen LogP contribution >= 0.6 is 0 Å². The molecular formula is C25H20FN5O2. The van der Waals surface area contributed by atoms with Crippen LogP contribution in [0.5, 0.6) is 0 Å². The maximum atomic E-state index is 13.3. The predicted molar refractivity (Wildman–Crippen MR) is 123 cm³/mol. The Morgan fingerprint density at radius 1 is 0.939 bits per heavy atom. The molecule has 8 heteroatoms. The summed E-state index contributed by atoms with van der Waals surface area (Å²) in [7, 11) is 0. The van der Waals surface area contributed by atoms with Crippen LogP contribution in [0.3, 0.4) is 0 Å². The summed E-state index contributed by atoms with van der Waals surface area (Å²) in [6, 6.07) is 16.7. The zero-order chi connectivity index (χ0) is 22.8. The summed E-state index contributed by atoms with van der Waals surface area (Å²) in [6.07, 6.45) is 5.71. The molecule has 0 aliphatic carbocycles. The highest BCUT2D eigenvalue weighted by Gasteiger charge is 2.15. The van der Waals surface area contributed by atoms with Crippen molar-refractivity contribution in [3.8, 4) is 0 Å². The minimum absolute atomic E-state index is 0.234. The number of nitrogens with one attached hydrogen (secondary N) is 1. The van der Waals surface area contributed by atoms with Gasteiger partial charge in [-0.2, -0.15) is 5.10 Å². The second kappa shape index (κ2) is 8.66. The number of pyridine rings is 1. The lowest BCUT2D eigenvalue weighted by atomic mass is 10.1. The number of amides is 1. The minimum atomic E-state index is -0.340. The number of halogens is 1. The Balaban J connectivity index is 1.50. The third kappa shape index (κ3) is 4.10. The number of aromatic nitrogens is 4. The summed E-state index contributed by atoms with van der Waals surface area (Å²) in [4.78, 5) is 30.1. The number of hydrogen-bond acceptors (Lipinski definition) is 4. The lowest BCUT2D eigenvalue weighted by Crippen LogP contribution is -2.27. The van der Waals surface area contributed by atoms with E-state index in [1.807, 2.05) is 12.1 Å². The summed E-state index contributed by atoms with van der Waals surface area (Å²) in [6.45, 7) is 0.701. The van der Waals surface area contributed by atoms with Crippen molar-refractivity contribution in [1.82, 2.24) is 24.5 Å². The van der Waals surface area contributed by atoms with E-state index in [0.29, 0.717) is 35.1 Å². The summed E-state index contributed by atoms with van der Waals surface area (Å²) in [5.74, 6) is -0.574. The molecule has 0 aliphatic heterocycles. The molecule has 1 amide bonds. The van der Waals surface area contributed by atoms with E-state index >= 15 is 0 Å². The average Bonchev–Trinajstić information content (AvgIpc) is 3.34. The van der Waals surface area contributed by atoms with Crippen LogP contribution in [-0.2, 0) is 13.0 Å². The van der Waals surface area contributed by atoms with Crippen molar-refractivity contribution in [2.24, 2.45) is 0 Å². The van der Waals surface area contributed by atoms with Crippen molar-refractivity contribution >= 4 is 22.5 Å². The molecule has 1 N–H and O–H groups in total. The molecule has 7 nitrogen and oxygen atoms in total. The minimum Gasteiger partial charge on any atom is -0.352 e. The van der Waals surface area contributed by atoms with E-state index < -0.39 is 0 Å².